The van der Waals surface area contributed by atoms with Gasteiger partial charge in [-0.15, -0.1) is 0 Å². The number of hydrogen-bond acceptors (Lipinski definition) is 4. The predicted octanol–water partition coefficient (Wildman–Crippen LogP) is 3.19. The molecule has 22 heavy (non-hydrogen) atoms. The fourth-order valence-corrected chi connectivity index (χ4v) is 1.98. The molecule has 0 unspecified atom stereocenters. The molecule has 8 heteroatoms. The molecule has 1 aromatic carbocycles. The molecule has 0 aliphatic heterocycles. The van der Waals surface area contributed by atoms with E-state index in [1.165, 1.54) is 36.4 Å². The van der Waals surface area contributed by atoms with Crippen LogP contribution in [0.25, 0.3) is 6.08 Å². The zero-order chi connectivity index (χ0) is 16.6. The van der Waals surface area contributed by atoms with Gasteiger partial charge < -0.3 is 4.90 Å². The summed E-state index contributed by atoms with van der Waals surface area (Å²) >= 11 is -0.219. The Bertz CT molecular complexity index is 611. The van der Waals surface area contributed by atoms with Crippen LogP contribution in [0.15, 0.2) is 35.2 Å². The maximum absolute atomic E-state index is 12.2. The summed E-state index contributed by atoms with van der Waals surface area (Å²) in [6, 6.07) is 9.02. The van der Waals surface area contributed by atoms with Crippen molar-refractivity contribution in [1.82, 2.24) is 4.90 Å². The lowest BCUT2D eigenvalue weighted by atomic mass is 10.2. The van der Waals surface area contributed by atoms with Crippen molar-refractivity contribution in [2.24, 2.45) is 0 Å². The Morgan fingerprint density at radius 3 is 2.18 bits per heavy atom. The van der Waals surface area contributed by atoms with Gasteiger partial charge in [-0.2, -0.15) is 23.7 Å². The summed E-state index contributed by atoms with van der Waals surface area (Å²) in [5.74, 6) is -0.517. The minimum Gasteiger partial charge on any atom is -0.313 e. The van der Waals surface area contributed by atoms with Crippen molar-refractivity contribution in [3.63, 3.8) is 0 Å². The van der Waals surface area contributed by atoms with Crippen molar-refractivity contribution < 1.29 is 18.0 Å². The van der Waals surface area contributed by atoms with E-state index < -0.39 is 11.4 Å². The molecule has 0 saturated carbocycles. The first kappa shape index (κ1) is 17.6. The summed E-state index contributed by atoms with van der Waals surface area (Å²) in [7, 11) is 0. The van der Waals surface area contributed by atoms with Crippen LogP contribution < -0.4 is 0 Å². The Morgan fingerprint density at radius 2 is 1.73 bits per heavy atom. The highest BCUT2D eigenvalue weighted by Crippen LogP contribution is 2.36. The molecule has 0 aliphatic rings. The number of thioether (sulfide) groups is 1. The van der Waals surface area contributed by atoms with Gasteiger partial charge in [-0.3, -0.25) is 4.79 Å². The number of nitriles is 2. The lowest BCUT2D eigenvalue weighted by Crippen LogP contribution is -2.30. The molecule has 1 amide bonds. The second-order valence-corrected chi connectivity index (χ2v) is 5.10. The monoisotopic (exact) mass is 325 g/mol. The number of nitrogens with zero attached hydrogens (tertiary/aromatic N) is 3. The van der Waals surface area contributed by atoms with E-state index >= 15 is 0 Å². The zero-order valence-corrected chi connectivity index (χ0v) is 12.0. The first-order valence-electron chi connectivity index (χ1n) is 5.92. The van der Waals surface area contributed by atoms with E-state index in [1.807, 2.05) is 0 Å². The SMILES string of the molecule is N#CCN(CC#N)C(=O)/C=C/c1ccc(SC(F)(F)F)cc1. The fourth-order valence-electron chi connectivity index (χ4n) is 1.44. The third-order valence-electron chi connectivity index (χ3n) is 2.37. The first-order chi connectivity index (χ1) is 10.4. The molecule has 0 bridgehead atoms. The van der Waals surface area contributed by atoms with Gasteiger partial charge in [-0.1, -0.05) is 12.1 Å². The molecular weight excluding hydrogens is 315 g/mol. The van der Waals surface area contributed by atoms with Gasteiger partial charge in [-0.05, 0) is 35.5 Å². The Kier molecular flexibility index (Phi) is 6.48. The van der Waals surface area contributed by atoms with Crippen LogP contribution in [0.2, 0.25) is 0 Å². The summed E-state index contributed by atoms with van der Waals surface area (Å²) < 4.78 is 36.5. The van der Waals surface area contributed by atoms with Gasteiger partial charge in [-0.25, -0.2) is 0 Å². The van der Waals surface area contributed by atoms with Crippen molar-refractivity contribution in [2.45, 2.75) is 10.4 Å². The molecule has 0 radical (unpaired) electrons. The smallest absolute Gasteiger partial charge is 0.313 e. The van der Waals surface area contributed by atoms with E-state index in [0.29, 0.717) is 5.56 Å². The number of benzene rings is 1. The predicted molar refractivity (Wildman–Crippen MR) is 75.2 cm³/mol. The van der Waals surface area contributed by atoms with E-state index in [0.717, 1.165) is 4.90 Å². The van der Waals surface area contributed by atoms with Crippen LogP contribution >= 0.6 is 11.8 Å². The van der Waals surface area contributed by atoms with Crippen LogP contribution in [0.1, 0.15) is 5.56 Å². The highest BCUT2D eigenvalue weighted by atomic mass is 32.2. The van der Waals surface area contributed by atoms with E-state index in [1.54, 1.807) is 12.1 Å². The van der Waals surface area contributed by atoms with Gasteiger partial charge in [0.05, 0.1) is 12.1 Å². The second-order valence-electron chi connectivity index (χ2n) is 3.96. The molecule has 0 aliphatic carbocycles. The highest BCUT2D eigenvalue weighted by Gasteiger charge is 2.28. The van der Waals surface area contributed by atoms with Crippen LogP contribution in [-0.2, 0) is 4.79 Å². The number of halogens is 3. The first-order valence-corrected chi connectivity index (χ1v) is 6.74. The number of alkyl halides is 3. The molecule has 0 fully saturated rings. The standard InChI is InChI=1S/C14H10F3N3OS/c15-14(16,17)22-12-4-1-11(2-5-12)3-6-13(21)20(9-7-18)10-8-19/h1-6H,9-10H2/b6-3+. The molecule has 1 rings (SSSR count). The van der Waals surface area contributed by atoms with Gasteiger partial charge in [0.25, 0.3) is 0 Å². The highest BCUT2D eigenvalue weighted by molar-refractivity contribution is 8.00. The molecule has 114 valence electrons. The van der Waals surface area contributed by atoms with Crippen LogP contribution in [0, 0.1) is 22.7 Å². The molecule has 0 N–H and O–H groups in total. The molecule has 4 nitrogen and oxygen atoms in total. The average Bonchev–Trinajstić information content (AvgIpc) is 2.44. The van der Waals surface area contributed by atoms with Crippen molar-refractivity contribution in [1.29, 1.82) is 10.5 Å². The zero-order valence-electron chi connectivity index (χ0n) is 11.2. The second kappa shape index (κ2) is 8.11. The maximum atomic E-state index is 12.2. The van der Waals surface area contributed by atoms with Gasteiger partial charge in [0, 0.05) is 11.0 Å². The molecular formula is C14H10F3N3OS. The Hall–Kier alpha value is -2.45. The number of carbonyl (C=O) groups excluding carboxylic acids is 1. The summed E-state index contributed by atoms with van der Waals surface area (Å²) in [5, 5.41) is 17.1. The van der Waals surface area contributed by atoms with Crippen molar-refractivity contribution in [3.05, 3.63) is 35.9 Å². The Labute approximate surface area is 129 Å². The topological polar surface area (TPSA) is 67.9 Å². The molecule has 1 aromatic rings. The van der Waals surface area contributed by atoms with E-state index in [9.17, 15) is 18.0 Å². The van der Waals surface area contributed by atoms with E-state index in [-0.39, 0.29) is 29.7 Å². The quantitative estimate of drug-likeness (QED) is 0.474. The minimum atomic E-state index is -4.34. The van der Waals surface area contributed by atoms with Gasteiger partial charge in [0.2, 0.25) is 5.91 Å². The maximum Gasteiger partial charge on any atom is 0.446 e. The average molecular weight is 325 g/mol. The lowest BCUT2D eigenvalue weighted by Gasteiger charge is -2.12. The largest absolute Gasteiger partial charge is 0.446 e. The van der Waals surface area contributed by atoms with E-state index in [4.69, 9.17) is 10.5 Å². The molecule has 0 heterocycles. The number of hydrogen-bond donors (Lipinski definition) is 0. The summed E-state index contributed by atoms with van der Waals surface area (Å²) in [6.45, 7) is -0.421. The third kappa shape index (κ3) is 6.33. The van der Waals surface area contributed by atoms with Gasteiger partial charge in [0.15, 0.2) is 0 Å². The number of carbonyl (C=O) groups is 1. The number of rotatable bonds is 5. The third-order valence-corrected chi connectivity index (χ3v) is 3.11. The van der Waals surface area contributed by atoms with Crippen LogP contribution in [-0.4, -0.2) is 29.4 Å². The lowest BCUT2D eigenvalue weighted by molar-refractivity contribution is -0.124. The Morgan fingerprint density at radius 1 is 1.18 bits per heavy atom. The van der Waals surface area contributed by atoms with Crippen LogP contribution in [0.4, 0.5) is 13.2 Å². The minimum absolute atomic E-state index is 0.0477. The van der Waals surface area contributed by atoms with Crippen molar-refractivity contribution in [2.75, 3.05) is 13.1 Å². The number of amides is 1. The van der Waals surface area contributed by atoms with E-state index in [2.05, 4.69) is 0 Å². The molecule has 0 saturated heterocycles. The molecule has 0 spiro atoms. The van der Waals surface area contributed by atoms with Crippen LogP contribution in [0.3, 0.4) is 0 Å². The molecule has 0 atom stereocenters. The summed E-state index contributed by atoms with van der Waals surface area (Å²) in [5.41, 5.74) is -3.81. The van der Waals surface area contributed by atoms with Crippen LogP contribution in [0.5, 0.6) is 0 Å². The summed E-state index contributed by atoms with van der Waals surface area (Å²) in [4.78, 5) is 12.8. The normalized spacial score (nSPS) is 11.0. The van der Waals surface area contributed by atoms with Gasteiger partial charge in [0.1, 0.15) is 13.1 Å². The van der Waals surface area contributed by atoms with Gasteiger partial charge >= 0.3 is 5.51 Å². The molecule has 0 aromatic heterocycles. The fraction of sp³-hybridized carbons (Fsp3) is 0.214. The summed E-state index contributed by atoms with van der Waals surface area (Å²) in [6.07, 6.45) is 2.58. The van der Waals surface area contributed by atoms with Crippen molar-refractivity contribution >= 4 is 23.7 Å². The van der Waals surface area contributed by atoms with Crippen molar-refractivity contribution in [3.8, 4) is 12.1 Å². The Balaban J connectivity index is 2.72.